The maximum Gasteiger partial charge on any atom is 0.257 e. The van der Waals surface area contributed by atoms with Crippen molar-refractivity contribution in [2.45, 2.75) is 13.8 Å². The van der Waals surface area contributed by atoms with E-state index in [4.69, 9.17) is 0 Å². The molecule has 0 aliphatic heterocycles. The Bertz CT molecular complexity index is 401. The average molecular weight is 221 g/mol. The third kappa shape index (κ3) is 2.69. The second-order valence-corrected chi connectivity index (χ2v) is 3.62. The second kappa shape index (κ2) is 5.45. The number of aryl methyl sites for hydroxylation is 1. The molecule has 0 saturated heterocycles. The van der Waals surface area contributed by atoms with Gasteiger partial charge < -0.3 is 4.90 Å². The molecular weight excluding hydrogens is 205 g/mol. The molecule has 3 heteroatoms. The van der Waals surface area contributed by atoms with Crippen molar-refractivity contribution in [3.8, 4) is 0 Å². The number of benzene rings is 1. The molecule has 86 valence electrons. The second-order valence-electron chi connectivity index (χ2n) is 3.62. The number of carbonyl (C=O) groups excluding carboxylic acids is 1. The highest BCUT2D eigenvalue weighted by Gasteiger charge is 2.16. The standard InChI is InChI=1S/C13H16FNO/c1-4-8-15(5-2)13(16)11-7-6-10(3)9-12(11)14/h4,6-7,9H,1,5,8H2,2-3H3. The molecule has 1 amide bonds. The molecule has 0 heterocycles. The van der Waals surface area contributed by atoms with Crippen molar-refractivity contribution in [2.75, 3.05) is 13.1 Å². The minimum atomic E-state index is -0.465. The fourth-order valence-electron chi connectivity index (χ4n) is 1.48. The van der Waals surface area contributed by atoms with Gasteiger partial charge in [-0.1, -0.05) is 12.1 Å². The number of likely N-dealkylation sites (N-methyl/N-ethyl adjacent to an activating group) is 1. The van der Waals surface area contributed by atoms with Crippen LogP contribution in [0.3, 0.4) is 0 Å². The van der Waals surface area contributed by atoms with Gasteiger partial charge in [-0.15, -0.1) is 6.58 Å². The summed E-state index contributed by atoms with van der Waals surface area (Å²) < 4.78 is 13.6. The van der Waals surface area contributed by atoms with Crippen molar-refractivity contribution in [3.63, 3.8) is 0 Å². The van der Waals surface area contributed by atoms with E-state index in [1.54, 1.807) is 24.0 Å². The molecule has 0 bridgehead atoms. The summed E-state index contributed by atoms with van der Waals surface area (Å²) in [4.78, 5) is 13.5. The summed E-state index contributed by atoms with van der Waals surface area (Å²) in [6.45, 7) is 8.19. The van der Waals surface area contributed by atoms with Gasteiger partial charge >= 0.3 is 0 Å². The molecule has 1 rings (SSSR count). The zero-order valence-corrected chi connectivity index (χ0v) is 9.66. The number of hydrogen-bond acceptors (Lipinski definition) is 1. The Labute approximate surface area is 95.4 Å². The molecule has 16 heavy (non-hydrogen) atoms. The number of hydrogen-bond donors (Lipinski definition) is 0. The maximum absolute atomic E-state index is 13.6. The number of amides is 1. The normalized spacial score (nSPS) is 9.94. The summed E-state index contributed by atoms with van der Waals surface area (Å²) in [7, 11) is 0. The third-order valence-corrected chi connectivity index (χ3v) is 2.37. The van der Waals surface area contributed by atoms with Crippen molar-refractivity contribution in [2.24, 2.45) is 0 Å². The van der Waals surface area contributed by atoms with E-state index < -0.39 is 5.82 Å². The van der Waals surface area contributed by atoms with E-state index in [9.17, 15) is 9.18 Å². The highest BCUT2D eigenvalue weighted by Crippen LogP contribution is 2.12. The van der Waals surface area contributed by atoms with E-state index >= 15 is 0 Å². The van der Waals surface area contributed by atoms with Crippen LogP contribution in [0.25, 0.3) is 0 Å². The monoisotopic (exact) mass is 221 g/mol. The van der Waals surface area contributed by atoms with Gasteiger partial charge in [0.2, 0.25) is 0 Å². The minimum Gasteiger partial charge on any atom is -0.335 e. The zero-order chi connectivity index (χ0) is 12.1. The van der Waals surface area contributed by atoms with Crippen molar-refractivity contribution in [3.05, 3.63) is 47.8 Å². The summed E-state index contributed by atoms with van der Waals surface area (Å²) in [5.74, 6) is -0.757. The summed E-state index contributed by atoms with van der Waals surface area (Å²) in [6.07, 6.45) is 1.63. The molecule has 0 aromatic heterocycles. The van der Waals surface area contributed by atoms with Crippen LogP contribution in [0.15, 0.2) is 30.9 Å². The van der Waals surface area contributed by atoms with Crippen LogP contribution in [0.2, 0.25) is 0 Å². The van der Waals surface area contributed by atoms with Crippen LogP contribution in [0, 0.1) is 12.7 Å². The quantitative estimate of drug-likeness (QED) is 0.716. The predicted octanol–water partition coefficient (Wildman–Crippen LogP) is 2.78. The Morgan fingerprint density at radius 1 is 1.56 bits per heavy atom. The molecule has 0 aliphatic rings. The lowest BCUT2D eigenvalue weighted by Crippen LogP contribution is -2.31. The molecule has 1 aromatic carbocycles. The predicted molar refractivity (Wildman–Crippen MR) is 62.9 cm³/mol. The highest BCUT2D eigenvalue weighted by molar-refractivity contribution is 5.94. The number of carbonyl (C=O) groups is 1. The Kier molecular flexibility index (Phi) is 4.23. The molecule has 0 atom stereocenters. The summed E-state index contributed by atoms with van der Waals surface area (Å²) in [6, 6.07) is 4.63. The van der Waals surface area contributed by atoms with Crippen molar-refractivity contribution < 1.29 is 9.18 Å². The SMILES string of the molecule is C=CCN(CC)C(=O)c1ccc(C)cc1F. The number of halogens is 1. The van der Waals surface area contributed by atoms with E-state index in [1.165, 1.54) is 12.1 Å². The Morgan fingerprint density at radius 2 is 2.25 bits per heavy atom. The van der Waals surface area contributed by atoms with Crippen molar-refractivity contribution >= 4 is 5.91 Å². The van der Waals surface area contributed by atoms with E-state index in [1.807, 2.05) is 6.92 Å². The third-order valence-electron chi connectivity index (χ3n) is 2.37. The molecular formula is C13H16FNO. The smallest absolute Gasteiger partial charge is 0.257 e. The van der Waals surface area contributed by atoms with Crippen LogP contribution in [0.1, 0.15) is 22.8 Å². The van der Waals surface area contributed by atoms with Gasteiger partial charge in [0.25, 0.3) is 5.91 Å². The van der Waals surface area contributed by atoms with Crippen LogP contribution >= 0.6 is 0 Å². The molecule has 0 spiro atoms. The molecule has 0 aliphatic carbocycles. The van der Waals surface area contributed by atoms with Crippen LogP contribution in [0.4, 0.5) is 4.39 Å². The van der Waals surface area contributed by atoms with Gasteiger partial charge in [-0.2, -0.15) is 0 Å². The first kappa shape index (κ1) is 12.4. The zero-order valence-electron chi connectivity index (χ0n) is 9.66. The highest BCUT2D eigenvalue weighted by atomic mass is 19.1. The van der Waals surface area contributed by atoms with Gasteiger partial charge in [0.05, 0.1) is 5.56 Å². The van der Waals surface area contributed by atoms with Gasteiger partial charge in [-0.05, 0) is 31.5 Å². The molecule has 0 unspecified atom stereocenters. The fraction of sp³-hybridized carbons (Fsp3) is 0.308. The van der Waals surface area contributed by atoms with E-state index in [2.05, 4.69) is 6.58 Å². The maximum atomic E-state index is 13.6. The summed E-state index contributed by atoms with van der Waals surface area (Å²) in [5.41, 5.74) is 0.926. The minimum absolute atomic E-state index is 0.120. The lowest BCUT2D eigenvalue weighted by molar-refractivity contribution is 0.0777. The van der Waals surface area contributed by atoms with Crippen LogP contribution < -0.4 is 0 Å². The van der Waals surface area contributed by atoms with E-state index in [0.29, 0.717) is 13.1 Å². The summed E-state index contributed by atoms with van der Waals surface area (Å²) in [5, 5.41) is 0. The van der Waals surface area contributed by atoms with Crippen LogP contribution in [-0.2, 0) is 0 Å². The van der Waals surface area contributed by atoms with E-state index in [0.717, 1.165) is 5.56 Å². The lowest BCUT2D eigenvalue weighted by Gasteiger charge is -2.19. The molecule has 0 radical (unpaired) electrons. The van der Waals surface area contributed by atoms with Crippen LogP contribution in [-0.4, -0.2) is 23.9 Å². The topological polar surface area (TPSA) is 20.3 Å². The van der Waals surface area contributed by atoms with Crippen LogP contribution in [0.5, 0.6) is 0 Å². The fourth-order valence-corrected chi connectivity index (χ4v) is 1.48. The number of rotatable bonds is 4. The Hall–Kier alpha value is -1.64. The molecule has 0 N–H and O–H groups in total. The van der Waals surface area contributed by atoms with Crippen molar-refractivity contribution in [1.29, 1.82) is 0 Å². The average Bonchev–Trinajstić information content (AvgIpc) is 2.25. The van der Waals surface area contributed by atoms with Gasteiger partial charge in [0.1, 0.15) is 5.82 Å². The lowest BCUT2D eigenvalue weighted by atomic mass is 10.1. The first-order valence-corrected chi connectivity index (χ1v) is 5.26. The molecule has 1 aromatic rings. The first-order valence-electron chi connectivity index (χ1n) is 5.26. The molecule has 0 saturated carbocycles. The van der Waals surface area contributed by atoms with E-state index in [-0.39, 0.29) is 11.5 Å². The van der Waals surface area contributed by atoms with Gasteiger partial charge in [0.15, 0.2) is 0 Å². The van der Waals surface area contributed by atoms with Crippen molar-refractivity contribution in [1.82, 2.24) is 4.90 Å². The Morgan fingerprint density at radius 3 is 2.75 bits per heavy atom. The molecule has 2 nitrogen and oxygen atoms in total. The Balaban J connectivity index is 2.98. The number of nitrogens with zero attached hydrogens (tertiary/aromatic N) is 1. The van der Waals surface area contributed by atoms with Gasteiger partial charge in [0, 0.05) is 13.1 Å². The van der Waals surface area contributed by atoms with Gasteiger partial charge in [-0.25, -0.2) is 4.39 Å². The van der Waals surface area contributed by atoms with Gasteiger partial charge in [-0.3, -0.25) is 4.79 Å². The first-order chi connectivity index (χ1) is 7.60. The largest absolute Gasteiger partial charge is 0.335 e. The summed E-state index contributed by atoms with van der Waals surface area (Å²) >= 11 is 0. The molecule has 0 fully saturated rings.